The molecule has 2 N–H and O–H groups in total. The topological polar surface area (TPSA) is 41.5 Å². The van der Waals surface area contributed by atoms with Crippen LogP contribution in [0.4, 0.5) is 0 Å². The highest BCUT2D eigenvalue weighted by atomic mass is 16.5. The largest absolute Gasteiger partial charge is 0.395 e. The molecular weight excluding hydrogens is 154 g/mol. The van der Waals surface area contributed by atoms with Crippen molar-refractivity contribution in [3.05, 3.63) is 0 Å². The van der Waals surface area contributed by atoms with Crippen molar-refractivity contribution in [2.75, 3.05) is 19.8 Å². The quantitative estimate of drug-likeness (QED) is 0.637. The Morgan fingerprint density at radius 3 is 3.00 bits per heavy atom. The molecule has 3 heteroatoms. The van der Waals surface area contributed by atoms with Crippen LogP contribution < -0.4 is 5.32 Å². The number of hydrogen-bond acceptors (Lipinski definition) is 3. The molecule has 2 atom stereocenters. The van der Waals surface area contributed by atoms with Crippen molar-refractivity contribution >= 4 is 0 Å². The average Bonchev–Trinajstić information content (AvgIpc) is 2.59. The molecule has 0 aromatic carbocycles. The standard InChI is InChI=1S/C9H19NO2/c1-2-5-10-8(7-11)9-4-3-6-12-9/h8-11H,2-7H2,1H3. The molecule has 0 amide bonds. The summed E-state index contributed by atoms with van der Waals surface area (Å²) in [5.74, 6) is 0. The van der Waals surface area contributed by atoms with E-state index in [1.807, 2.05) is 0 Å². The van der Waals surface area contributed by atoms with Crippen LogP contribution in [0, 0.1) is 0 Å². The molecule has 1 aliphatic heterocycles. The summed E-state index contributed by atoms with van der Waals surface area (Å²) in [6, 6.07) is 0.146. The van der Waals surface area contributed by atoms with Crippen LogP contribution in [0.5, 0.6) is 0 Å². The molecule has 0 saturated carbocycles. The third kappa shape index (κ3) is 2.73. The van der Waals surface area contributed by atoms with Crippen molar-refractivity contribution in [3.63, 3.8) is 0 Å². The van der Waals surface area contributed by atoms with Gasteiger partial charge < -0.3 is 15.2 Å². The number of rotatable bonds is 5. The second-order valence-corrected chi connectivity index (χ2v) is 3.29. The fourth-order valence-corrected chi connectivity index (χ4v) is 1.56. The average molecular weight is 173 g/mol. The number of nitrogens with one attached hydrogen (secondary N) is 1. The van der Waals surface area contributed by atoms with Gasteiger partial charge in [-0.15, -0.1) is 0 Å². The first-order chi connectivity index (χ1) is 5.88. The third-order valence-corrected chi connectivity index (χ3v) is 2.27. The van der Waals surface area contributed by atoms with E-state index in [-0.39, 0.29) is 18.8 Å². The van der Waals surface area contributed by atoms with Crippen LogP contribution in [0.2, 0.25) is 0 Å². The predicted molar refractivity (Wildman–Crippen MR) is 48.1 cm³/mol. The van der Waals surface area contributed by atoms with E-state index in [1.54, 1.807) is 0 Å². The van der Waals surface area contributed by atoms with Gasteiger partial charge in [-0.25, -0.2) is 0 Å². The lowest BCUT2D eigenvalue weighted by molar-refractivity contribution is 0.0558. The van der Waals surface area contributed by atoms with Crippen molar-refractivity contribution in [2.24, 2.45) is 0 Å². The van der Waals surface area contributed by atoms with Crippen molar-refractivity contribution in [1.82, 2.24) is 5.32 Å². The number of hydrogen-bond donors (Lipinski definition) is 2. The van der Waals surface area contributed by atoms with Gasteiger partial charge in [-0.05, 0) is 25.8 Å². The van der Waals surface area contributed by atoms with Gasteiger partial charge in [0.25, 0.3) is 0 Å². The minimum Gasteiger partial charge on any atom is -0.395 e. The second kappa shape index (κ2) is 5.51. The van der Waals surface area contributed by atoms with Crippen LogP contribution in [0.3, 0.4) is 0 Å². The SMILES string of the molecule is CCCNC(CO)C1CCCO1. The Morgan fingerprint density at radius 2 is 2.50 bits per heavy atom. The molecule has 1 heterocycles. The molecule has 72 valence electrons. The molecule has 1 saturated heterocycles. The molecule has 2 unspecified atom stereocenters. The highest BCUT2D eigenvalue weighted by Crippen LogP contribution is 2.15. The first-order valence-electron chi connectivity index (χ1n) is 4.84. The Labute approximate surface area is 74.1 Å². The summed E-state index contributed by atoms with van der Waals surface area (Å²) in [5, 5.41) is 12.4. The molecule has 1 rings (SSSR count). The van der Waals surface area contributed by atoms with Gasteiger partial charge in [-0.2, -0.15) is 0 Å². The summed E-state index contributed by atoms with van der Waals surface area (Å²) in [5.41, 5.74) is 0. The Balaban J connectivity index is 2.22. The van der Waals surface area contributed by atoms with E-state index in [2.05, 4.69) is 12.2 Å². The van der Waals surface area contributed by atoms with Gasteiger partial charge in [0.15, 0.2) is 0 Å². The fraction of sp³-hybridized carbons (Fsp3) is 1.00. The van der Waals surface area contributed by atoms with Gasteiger partial charge in [-0.1, -0.05) is 6.92 Å². The molecule has 12 heavy (non-hydrogen) atoms. The zero-order valence-corrected chi connectivity index (χ0v) is 7.75. The lowest BCUT2D eigenvalue weighted by Crippen LogP contribution is -2.42. The summed E-state index contributed by atoms with van der Waals surface area (Å²) in [6.07, 6.45) is 3.56. The highest BCUT2D eigenvalue weighted by molar-refractivity contribution is 4.79. The minimum absolute atomic E-state index is 0.146. The predicted octanol–water partition coefficient (Wildman–Crippen LogP) is 0.526. The van der Waals surface area contributed by atoms with Gasteiger partial charge in [0.2, 0.25) is 0 Å². The maximum absolute atomic E-state index is 9.07. The van der Waals surface area contributed by atoms with E-state index in [1.165, 1.54) is 0 Å². The van der Waals surface area contributed by atoms with E-state index in [0.717, 1.165) is 32.4 Å². The van der Waals surface area contributed by atoms with E-state index in [0.29, 0.717) is 0 Å². The number of aliphatic hydroxyl groups excluding tert-OH is 1. The van der Waals surface area contributed by atoms with E-state index < -0.39 is 0 Å². The van der Waals surface area contributed by atoms with Crippen LogP contribution in [-0.4, -0.2) is 37.0 Å². The Morgan fingerprint density at radius 1 is 1.67 bits per heavy atom. The molecule has 3 nitrogen and oxygen atoms in total. The molecule has 1 aliphatic rings. The maximum atomic E-state index is 9.07. The molecule has 0 radical (unpaired) electrons. The monoisotopic (exact) mass is 173 g/mol. The highest BCUT2D eigenvalue weighted by Gasteiger charge is 2.24. The Kier molecular flexibility index (Phi) is 4.58. The molecule has 0 spiro atoms. The van der Waals surface area contributed by atoms with Crippen molar-refractivity contribution in [2.45, 2.75) is 38.3 Å². The summed E-state index contributed by atoms with van der Waals surface area (Å²) < 4.78 is 5.48. The van der Waals surface area contributed by atoms with E-state index >= 15 is 0 Å². The molecule has 0 bridgehead atoms. The van der Waals surface area contributed by atoms with Crippen molar-refractivity contribution in [1.29, 1.82) is 0 Å². The van der Waals surface area contributed by atoms with Crippen molar-refractivity contribution in [3.8, 4) is 0 Å². The number of aliphatic hydroxyl groups is 1. The minimum atomic E-state index is 0.146. The fourth-order valence-electron chi connectivity index (χ4n) is 1.56. The van der Waals surface area contributed by atoms with Gasteiger partial charge in [0, 0.05) is 6.61 Å². The van der Waals surface area contributed by atoms with Gasteiger partial charge in [0.05, 0.1) is 18.8 Å². The van der Waals surface area contributed by atoms with Gasteiger partial charge >= 0.3 is 0 Å². The van der Waals surface area contributed by atoms with Crippen LogP contribution in [0.25, 0.3) is 0 Å². The zero-order chi connectivity index (χ0) is 8.81. The normalized spacial score (nSPS) is 26.0. The van der Waals surface area contributed by atoms with Gasteiger partial charge in [-0.3, -0.25) is 0 Å². The van der Waals surface area contributed by atoms with Gasteiger partial charge in [0.1, 0.15) is 0 Å². The lowest BCUT2D eigenvalue weighted by atomic mass is 10.1. The molecule has 0 aliphatic carbocycles. The van der Waals surface area contributed by atoms with Crippen molar-refractivity contribution < 1.29 is 9.84 Å². The summed E-state index contributed by atoms with van der Waals surface area (Å²) >= 11 is 0. The van der Waals surface area contributed by atoms with E-state index in [9.17, 15) is 0 Å². The number of ether oxygens (including phenoxy) is 1. The summed E-state index contributed by atoms with van der Waals surface area (Å²) in [6.45, 7) is 4.13. The summed E-state index contributed by atoms with van der Waals surface area (Å²) in [4.78, 5) is 0. The van der Waals surface area contributed by atoms with Crippen LogP contribution >= 0.6 is 0 Å². The molecular formula is C9H19NO2. The Hall–Kier alpha value is -0.120. The molecule has 0 aromatic rings. The Bertz CT molecular complexity index is 113. The molecule has 0 aromatic heterocycles. The van der Waals surface area contributed by atoms with Crippen LogP contribution in [-0.2, 0) is 4.74 Å². The second-order valence-electron chi connectivity index (χ2n) is 3.29. The van der Waals surface area contributed by atoms with Crippen LogP contribution in [0.15, 0.2) is 0 Å². The zero-order valence-electron chi connectivity index (χ0n) is 7.75. The smallest absolute Gasteiger partial charge is 0.0751 e. The lowest BCUT2D eigenvalue weighted by Gasteiger charge is -2.21. The maximum Gasteiger partial charge on any atom is 0.0751 e. The third-order valence-electron chi connectivity index (χ3n) is 2.27. The molecule has 1 fully saturated rings. The first-order valence-corrected chi connectivity index (χ1v) is 4.84. The first kappa shape index (κ1) is 9.96. The van der Waals surface area contributed by atoms with Crippen LogP contribution in [0.1, 0.15) is 26.2 Å². The summed E-state index contributed by atoms with van der Waals surface area (Å²) in [7, 11) is 0. The van der Waals surface area contributed by atoms with E-state index in [4.69, 9.17) is 9.84 Å².